The number of hydrogen-bond donors (Lipinski definition) is 1. The minimum absolute atomic E-state index is 0.127. The molecule has 2 aromatic rings. The molecule has 0 atom stereocenters. The highest BCUT2D eigenvalue weighted by Gasteiger charge is 2.15. The van der Waals surface area contributed by atoms with Gasteiger partial charge in [-0.25, -0.2) is 0 Å². The van der Waals surface area contributed by atoms with Crippen LogP contribution in [0, 0.1) is 0 Å². The number of fused-ring (bicyclic) bond motifs is 2. The summed E-state index contributed by atoms with van der Waals surface area (Å²) in [5.41, 5.74) is 3.18. The first-order valence-corrected chi connectivity index (χ1v) is 7.19. The number of aliphatic imine (C=N–C) groups is 1. The topological polar surface area (TPSA) is 24.4 Å². The Hall–Kier alpha value is -0.870. The molecule has 0 saturated heterocycles. The maximum Gasteiger partial charge on any atom is 0.110 e. The van der Waals surface area contributed by atoms with Crippen LogP contribution >= 0.6 is 31.9 Å². The van der Waals surface area contributed by atoms with Crippen LogP contribution < -0.4 is 5.32 Å². The molecule has 1 heterocycles. The summed E-state index contributed by atoms with van der Waals surface area (Å²) in [5.74, 6) is 0. The van der Waals surface area contributed by atoms with Gasteiger partial charge in [0.15, 0.2) is 0 Å². The number of hydrogen-bond acceptors (Lipinski definition) is 2. The molecule has 0 unspecified atom stereocenters. The van der Waals surface area contributed by atoms with Crippen LogP contribution in [-0.4, -0.2) is 16.0 Å². The van der Waals surface area contributed by atoms with E-state index in [1.807, 2.05) is 6.07 Å². The van der Waals surface area contributed by atoms with Gasteiger partial charge in [-0.3, -0.25) is 4.99 Å². The van der Waals surface area contributed by atoms with Crippen LogP contribution in [0.5, 0.6) is 0 Å². The van der Waals surface area contributed by atoms with Crippen molar-refractivity contribution in [3.8, 4) is 0 Å². The number of halogens is 2. The molecular weight excluding hydrogens is 344 g/mol. The van der Waals surface area contributed by atoms with Crippen LogP contribution in [0.2, 0.25) is 0 Å². The summed E-state index contributed by atoms with van der Waals surface area (Å²) in [6, 6.07) is 12.6. The lowest BCUT2D eigenvalue weighted by atomic mass is 10.1. The Morgan fingerprint density at radius 3 is 2.53 bits per heavy atom. The monoisotopic (exact) mass is 352 g/mol. The van der Waals surface area contributed by atoms with Gasteiger partial charge in [0.25, 0.3) is 0 Å². The predicted molar refractivity (Wildman–Crippen MR) is 81.2 cm³/mol. The zero-order chi connectivity index (χ0) is 11.8. The van der Waals surface area contributed by atoms with Gasteiger partial charge >= 0.3 is 0 Å². The minimum atomic E-state index is 0.127. The molecule has 0 spiro atoms. The molecule has 0 fully saturated rings. The third kappa shape index (κ3) is 2.11. The smallest absolute Gasteiger partial charge is 0.110 e. The van der Waals surface area contributed by atoms with Crippen LogP contribution in [0.3, 0.4) is 0 Å². The molecule has 0 amide bonds. The lowest BCUT2D eigenvalue weighted by Gasteiger charge is -2.19. The van der Waals surface area contributed by atoms with Crippen LogP contribution in [0.1, 0.15) is 0 Å². The van der Waals surface area contributed by atoms with E-state index in [2.05, 4.69) is 72.5 Å². The second-order valence-electron chi connectivity index (χ2n) is 3.97. The van der Waals surface area contributed by atoms with Gasteiger partial charge in [-0.1, -0.05) is 56.1 Å². The first kappa shape index (κ1) is 11.2. The lowest BCUT2D eigenvalue weighted by molar-refractivity contribution is 1.29. The number of anilines is 1. The third-order valence-corrected chi connectivity index (χ3v) is 3.90. The highest BCUT2D eigenvalue weighted by molar-refractivity contribution is 9.25. The van der Waals surface area contributed by atoms with Crippen LogP contribution in [-0.2, 0) is 0 Å². The van der Waals surface area contributed by atoms with Crippen molar-refractivity contribution in [2.24, 2.45) is 4.99 Å². The van der Waals surface area contributed by atoms with E-state index in [-0.39, 0.29) is 3.74 Å². The van der Waals surface area contributed by atoms with Gasteiger partial charge in [-0.15, -0.1) is 0 Å². The molecule has 0 saturated carbocycles. The summed E-state index contributed by atoms with van der Waals surface area (Å²) in [7, 11) is 0. The van der Waals surface area contributed by atoms with Crippen LogP contribution in [0.4, 0.5) is 11.4 Å². The van der Waals surface area contributed by atoms with Crippen molar-refractivity contribution in [1.82, 2.24) is 0 Å². The van der Waals surface area contributed by atoms with E-state index in [4.69, 9.17) is 0 Å². The van der Waals surface area contributed by atoms with Gasteiger partial charge in [0.1, 0.15) is 3.74 Å². The number of benzene rings is 2. The van der Waals surface area contributed by atoms with Crippen molar-refractivity contribution >= 4 is 59.7 Å². The molecule has 1 aliphatic heterocycles. The van der Waals surface area contributed by atoms with Gasteiger partial charge < -0.3 is 5.32 Å². The van der Waals surface area contributed by atoms with Crippen molar-refractivity contribution in [1.29, 1.82) is 0 Å². The summed E-state index contributed by atoms with van der Waals surface area (Å²) in [4.78, 5) is 4.66. The largest absolute Gasteiger partial charge is 0.378 e. The normalized spacial score (nSPS) is 14.4. The van der Waals surface area contributed by atoms with Crippen molar-refractivity contribution < 1.29 is 0 Å². The van der Waals surface area contributed by atoms with Crippen molar-refractivity contribution in [2.45, 2.75) is 3.74 Å². The summed E-state index contributed by atoms with van der Waals surface area (Å²) in [6.07, 6.45) is 0. The number of nitrogens with zero attached hydrogens (tertiary/aromatic N) is 1. The van der Waals surface area contributed by atoms with E-state index in [1.165, 1.54) is 10.8 Å². The van der Waals surface area contributed by atoms with Gasteiger partial charge in [0.05, 0.1) is 23.6 Å². The molecule has 0 aliphatic carbocycles. The van der Waals surface area contributed by atoms with Crippen molar-refractivity contribution in [3.63, 3.8) is 0 Å². The fourth-order valence-electron chi connectivity index (χ4n) is 1.97. The molecule has 2 aromatic carbocycles. The highest BCUT2D eigenvalue weighted by atomic mass is 79.9. The second kappa shape index (κ2) is 4.42. The van der Waals surface area contributed by atoms with E-state index in [0.29, 0.717) is 0 Å². The second-order valence-corrected chi connectivity index (χ2v) is 7.03. The third-order valence-electron chi connectivity index (χ3n) is 2.84. The molecule has 0 aromatic heterocycles. The standard InChI is InChI=1S/C13H10Br2N2/c14-13(15)12-7-16-10-5-8-3-1-2-4-9(8)6-11(10)17-12/h1-6,13,16H,7H2. The summed E-state index contributed by atoms with van der Waals surface area (Å²) < 4.78 is 0.127. The molecule has 4 heteroatoms. The minimum Gasteiger partial charge on any atom is -0.378 e. The van der Waals surface area contributed by atoms with Gasteiger partial charge in [-0.05, 0) is 22.9 Å². The first-order chi connectivity index (χ1) is 8.24. The molecule has 3 rings (SSSR count). The van der Waals surface area contributed by atoms with Crippen molar-refractivity contribution in [2.75, 3.05) is 11.9 Å². The molecule has 17 heavy (non-hydrogen) atoms. The lowest BCUT2D eigenvalue weighted by Crippen LogP contribution is -2.22. The highest BCUT2D eigenvalue weighted by Crippen LogP contribution is 2.34. The fourth-order valence-corrected chi connectivity index (χ4v) is 2.50. The summed E-state index contributed by atoms with van der Waals surface area (Å²) >= 11 is 6.97. The van der Waals surface area contributed by atoms with E-state index in [1.54, 1.807) is 0 Å². The zero-order valence-corrected chi connectivity index (χ0v) is 12.1. The Kier molecular flexibility index (Phi) is 2.92. The first-order valence-electron chi connectivity index (χ1n) is 5.36. The maximum absolute atomic E-state index is 4.66. The van der Waals surface area contributed by atoms with E-state index in [0.717, 1.165) is 23.6 Å². The van der Waals surface area contributed by atoms with Gasteiger partial charge in [0.2, 0.25) is 0 Å². The Bertz CT molecular complexity index is 605. The molecule has 0 bridgehead atoms. The molecule has 86 valence electrons. The average molecular weight is 354 g/mol. The van der Waals surface area contributed by atoms with Gasteiger partial charge in [0, 0.05) is 0 Å². The molecular formula is C13H10Br2N2. The van der Waals surface area contributed by atoms with E-state index in [9.17, 15) is 0 Å². The summed E-state index contributed by atoms with van der Waals surface area (Å²) in [6.45, 7) is 0.770. The average Bonchev–Trinajstić information content (AvgIpc) is 2.35. The quantitative estimate of drug-likeness (QED) is 0.752. The molecule has 1 N–H and O–H groups in total. The fraction of sp³-hybridized carbons (Fsp3) is 0.154. The molecule has 0 radical (unpaired) electrons. The van der Waals surface area contributed by atoms with Crippen molar-refractivity contribution in [3.05, 3.63) is 36.4 Å². The Balaban J connectivity index is 2.17. The van der Waals surface area contributed by atoms with E-state index >= 15 is 0 Å². The van der Waals surface area contributed by atoms with Crippen LogP contribution in [0.25, 0.3) is 10.8 Å². The Morgan fingerprint density at radius 2 is 1.82 bits per heavy atom. The predicted octanol–water partition coefficient (Wildman–Crippen LogP) is 4.45. The maximum atomic E-state index is 4.66. The number of rotatable bonds is 1. The number of alkyl halides is 2. The Labute approximate surface area is 116 Å². The molecule has 2 nitrogen and oxygen atoms in total. The number of nitrogens with one attached hydrogen (secondary N) is 1. The van der Waals surface area contributed by atoms with Crippen LogP contribution in [0.15, 0.2) is 41.4 Å². The van der Waals surface area contributed by atoms with E-state index < -0.39 is 0 Å². The summed E-state index contributed by atoms with van der Waals surface area (Å²) in [5, 5.41) is 5.86. The SMILES string of the molecule is BrC(Br)C1=Nc2cc3ccccc3cc2NC1. The zero-order valence-electron chi connectivity index (χ0n) is 8.95. The van der Waals surface area contributed by atoms with Gasteiger partial charge in [-0.2, -0.15) is 0 Å². The molecule has 1 aliphatic rings. The Morgan fingerprint density at radius 1 is 1.12 bits per heavy atom.